The van der Waals surface area contributed by atoms with Gasteiger partial charge in [0.15, 0.2) is 0 Å². The highest BCUT2D eigenvalue weighted by Crippen LogP contribution is 2.18. The molecule has 1 aliphatic rings. The van der Waals surface area contributed by atoms with Crippen LogP contribution in [0.4, 0.5) is 0 Å². The van der Waals surface area contributed by atoms with E-state index in [9.17, 15) is 5.11 Å². The van der Waals surface area contributed by atoms with Gasteiger partial charge in [0, 0.05) is 31.4 Å². The smallest absolute Gasteiger partial charge is 0.216 e. The molecule has 1 fully saturated rings. The molecule has 0 radical (unpaired) electrons. The van der Waals surface area contributed by atoms with E-state index < -0.39 is 6.41 Å². The summed E-state index contributed by atoms with van der Waals surface area (Å²) in [6, 6.07) is 0.256. The maximum absolute atomic E-state index is 10.2. The lowest BCUT2D eigenvalue weighted by Gasteiger charge is -2.44. The van der Waals surface area contributed by atoms with Crippen LogP contribution in [0.1, 0.15) is 40.5 Å². The van der Waals surface area contributed by atoms with Gasteiger partial charge in [0.2, 0.25) is 6.41 Å². The molecular formula is C14H30N2O2S. The highest BCUT2D eigenvalue weighted by atomic mass is 32.1. The van der Waals surface area contributed by atoms with Crippen molar-refractivity contribution in [1.82, 2.24) is 9.80 Å². The third kappa shape index (κ3) is 6.00. The average Bonchev–Trinajstić information content (AvgIpc) is 2.33. The summed E-state index contributed by atoms with van der Waals surface area (Å²) in [4.78, 5) is 4.49. The molecule has 1 saturated heterocycles. The number of ether oxygens (including phenoxy) is 1. The SMILES string of the molecule is CCCCN1CCN(C(O)OC(C)(C)C)[C@@H](CS)C1. The van der Waals surface area contributed by atoms with Gasteiger partial charge < -0.3 is 14.7 Å². The Bertz CT molecular complexity index is 258. The quantitative estimate of drug-likeness (QED) is 0.578. The summed E-state index contributed by atoms with van der Waals surface area (Å²) in [6.07, 6.45) is 1.63. The molecule has 19 heavy (non-hydrogen) atoms. The van der Waals surface area contributed by atoms with Gasteiger partial charge in [-0.15, -0.1) is 0 Å². The number of nitrogens with zero attached hydrogens (tertiary/aromatic N) is 2. The zero-order valence-electron chi connectivity index (χ0n) is 12.8. The number of hydrogen-bond donors (Lipinski definition) is 2. The fourth-order valence-corrected chi connectivity index (χ4v) is 2.68. The highest BCUT2D eigenvalue weighted by Gasteiger charge is 2.32. The van der Waals surface area contributed by atoms with Crippen molar-refractivity contribution in [3.8, 4) is 0 Å². The number of unbranched alkanes of at least 4 members (excludes halogenated alkanes) is 1. The molecule has 1 aliphatic heterocycles. The molecule has 0 spiro atoms. The lowest BCUT2D eigenvalue weighted by molar-refractivity contribution is -0.253. The molecule has 1 N–H and O–H groups in total. The van der Waals surface area contributed by atoms with Crippen LogP contribution in [0.2, 0.25) is 0 Å². The highest BCUT2D eigenvalue weighted by molar-refractivity contribution is 7.80. The Morgan fingerprint density at radius 1 is 1.37 bits per heavy atom. The molecule has 1 rings (SSSR count). The Hall–Kier alpha value is 0.190. The molecule has 0 bridgehead atoms. The minimum Gasteiger partial charge on any atom is -0.356 e. The Kier molecular flexibility index (Phi) is 7.11. The second-order valence-electron chi connectivity index (χ2n) is 6.28. The number of aliphatic hydroxyl groups is 1. The zero-order valence-corrected chi connectivity index (χ0v) is 13.7. The van der Waals surface area contributed by atoms with Crippen molar-refractivity contribution in [2.45, 2.75) is 58.6 Å². The van der Waals surface area contributed by atoms with Crippen LogP contribution in [-0.2, 0) is 4.74 Å². The second kappa shape index (κ2) is 7.84. The lowest BCUT2D eigenvalue weighted by Crippen LogP contribution is -2.58. The van der Waals surface area contributed by atoms with E-state index in [0.29, 0.717) is 0 Å². The van der Waals surface area contributed by atoms with E-state index in [1.807, 2.05) is 25.7 Å². The van der Waals surface area contributed by atoms with E-state index in [0.717, 1.165) is 31.9 Å². The van der Waals surface area contributed by atoms with E-state index in [2.05, 4.69) is 24.5 Å². The van der Waals surface area contributed by atoms with Crippen LogP contribution in [0.3, 0.4) is 0 Å². The Morgan fingerprint density at radius 2 is 2.05 bits per heavy atom. The molecule has 0 saturated carbocycles. The summed E-state index contributed by atoms with van der Waals surface area (Å²) >= 11 is 4.43. The maximum Gasteiger partial charge on any atom is 0.216 e. The summed E-state index contributed by atoms with van der Waals surface area (Å²) in [5, 5.41) is 10.2. The van der Waals surface area contributed by atoms with Gasteiger partial charge >= 0.3 is 0 Å². The van der Waals surface area contributed by atoms with Crippen molar-refractivity contribution in [3.63, 3.8) is 0 Å². The fraction of sp³-hybridized carbons (Fsp3) is 1.00. The molecule has 0 aromatic rings. The maximum atomic E-state index is 10.2. The summed E-state index contributed by atoms with van der Waals surface area (Å²) in [7, 11) is 0. The number of aliphatic hydroxyl groups excluding tert-OH is 1. The van der Waals surface area contributed by atoms with Gasteiger partial charge in [-0.2, -0.15) is 12.6 Å². The van der Waals surface area contributed by atoms with Crippen LogP contribution in [0.25, 0.3) is 0 Å². The Balaban J connectivity index is 2.51. The molecular weight excluding hydrogens is 260 g/mol. The Labute approximate surface area is 123 Å². The van der Waals surface area contributed by atoms with Gasteiger partial charge in [-0.25, -0.2) is 4.90 Å². The van der Waals surface area contributed by atoms with Crippen LogP contribution in [0.5, 0.6) is 0 Å². The number of thiol groups is 1. The van der Waals surface area contributed by atoms with Gasteiger partial charge in [0.05, 0.1) is 5.60 Å². The van der Waals surface area contributed by atoms with Crippen LogP contribution < -0.4 is 0 Å². The molecule has 0 aliphatic carbocycles. The first-order valence-electron chi connectivity index (χ1n) is 7.32. The minimum absolute atomic E-state index is 0.256. The summed E-state index contributed by atoms with van der Waals surface area (Å²) in [6.45, 7) is 12.0. The van der Waals surface area contributed by atoms with Crippen molar-refractivity contribution in [1.29, 1.82) is 0 Å². The van der Waals surface area contributed by atoms with E-state index in [1.165, 1.54) is 12.8 Å². The van der Waals surface area contributed by atoms with Gasteiger partial charge in [-0.1, -0.05) is 13.3 Å². The summed E-state index contributed by atoms with van der Waals surface area (Å²) < 4.78 is 5.65. The number of hydrogen-bond acceptors (Lipinski definition) is 5. The molecule has 0 aromatic heterocycles. The first-order chi connectivity index (χ1) is 8.87. The van der Waals surface area contributed by atoms with Gasteiger partial charge in [-0.05, 0) is 33.7 Å². The molecule has 1 heterocycles. The monoisotopic (exact) mass is 290 g/mol. The third-order valence-electron chi connectivity index (χ3n) is 3.39. The normalized spacial score (nSPS) is 24.6. The molecule has 0 amide bonds. The van der Waals surface area contributed by atoms with Gasteiger partial charge in [0.25, 0.3) is 0 Å². The largest absolute Gasteiger partial charge is 0.356 e. The van der Waals surface area contributed by atoms with Gasteiger partial charge in [0.1, 0.15) is 0 Å². The average molecular weight is 290 g/mol. The first-order valence-corrected chi connectivity index (χ1v) is 7.95. The van der Waals surface area contributed by atoms with Gasteiger partial charge in [-0.3, -0.25) is 0 Å². The van der Waals surface area contributed by atoms with Crippen molar-refractivity contribution < 1.29 is 9.84 Å². The standard InChI is InChI=1S/C14H30N2O2S/c1-5-6-7-15-8-9-16(12(10-15)11-19)13(17)18-14(2,3)4/h12-13,17,19H,5-11H2,1-4H3/t12-,13?/m1/s1. The van der Waals surface area contributed by atoms with Crippen LogP contribution >= 0.6 is 12.6 Å². The van der Waals surface area contributed by atoms with Crippen molar-refractivity contribution >= 4 is 12.6 Å². The predicted octanol–water partition coefficient (Wildman–Crippen LogP) is 1.79. The third-order valence-corrected chi connectivity index (χ3v) is 3.82. The summed E-state index contributed by atoms with van der Waals surface area (Å²) in [5.74, 6) is 0.743. The Morgan fingerprint density at radius 3 is 2.58 bits per heavy atom. The molecule has 5 heteroatoms. The molecule has 4 nitrogen and oxygen atoms in total. The minimum atomic E-state index is -0.828. The predicted molar refractivity (Wildman–Crippen MR) is 82.5 cm³/mol. The van der Waals surface area contributed by atoms with Crippen LogP contribution in [0.15, 0.2) is 0 Å². The van der Waals surface area contributed by atoms with Crippen molar-refractivity contribution in [2.24, 2.45) is 0 Å². The van der Waals surface area contributed by atoms with Crippen LogP contribution in [-0.4, -0.2) is 64.9 Å². The topological polar surface area (TPSA) is 35.9 Å². The van der Waals surface area contributed by atoms with E-state index in [4.69, 9.17) is 4.74 Å². The zero-order chi connectivity index (χ0) is 14.5. The summed E-state index contributed by atoms with van der Waals surface area (Å²) in [5.41, 5.74) is -0.333. The van der Waals surface area contributed by atoms with Crippen LogP contribution in [0, 0.1) is 0 Å². The lowest BCUT2D eigenvalue weighted by atomic mass is 10.1. The second-order valence-corrected chi connectivity index (χ2v) is 6.65. The van der Waals surface area contributed by atoms with E-state index in [-0.39, 0.29) is 11.6 Å². The number of piperazine rings is 1. The molecule has 1 unspecified atom stereocenters. The number of rotatable bonds is 6. The molecule has 0 aromatic carbocycles. The fourth-order valence-electron chi connectivity index (χ4n) is 2.36. The molecule has 114 valence electrons. The van der Waals surface area contributed by atoms with Crippen molar-refractivity contribution in [2.75, 3.05) is 31.9 Å². The first kappa shape index (κ1) is 17.2. The van der Waals surface area contributed by atoms with E-state index >= 15 is 0 Å². The van der Waals surface area contributed by atoms with Crippen molar-refractivity contribution in [3.05, 3.63) is 0 Å². The van der Waals surface area contributed by atoms with E-state index in [1.54, 1.807) is 0 Å². The molecule has 2 atom stereocenters.